The lowest BCUT2D eigenvalue weighted by atomic mass is 9.98. The lowest BCUT2D eigenvalue weighted by molar-refractivity contribution is -0.141. The van der Waals surface area contributed by atoms with Gasteiger partial charge in [-0.05, 0) is 57.9 Å². The van der Waals surface area contributed by atoms with Gasteiger partial charge in [0.2, 0.25) is 0 Å². The largest absolute Gasteiger partial charge is 0.481 e. The molecule has 36 heavy (non-hydrogen) atoms. The number of carboxylic acid groups (broad SMARTS) is 1. The first kappa shape index (κ1) is 23.9. The van der Waals surface area contributed by atoms with E-state index < -0.39 is 17.9 Å². The van der Waals surface area contributed by atoms with Crippen LogP contribution >= 0.6 is 11.3 Å². The van der Waals surface area contributed by atoms with Crippen molar-refractivity contribution in [3.8, 4) is 5.00 Å². The number of hydrogen-bond donors (Lipinski definition) is 2. The fraction of sp³-hybridized carbons (Fsp3) is 0.286. The average Bonchev–Trinajstić information content (AvgIpc) is 3.33. The van der Waals surface area contributed by atoms with Crippen LogP contribution in [-0.4, -0.2) is 31.6 Å². The Balaban J connectivity index is 1.56. The molecule has 0 fully saturated rings. The van der Waals surface area contributed by atoms with Crippen molar-refractivity contribution in [3.63, 3.8) is 0 Å². The van der Waals surface area contributed by atoms with E-state index in [0.29, 0.717) is 5.82 Å². The van der Waals surface area contributed by atoms with Crippen LogP contribution in [0, 0.1) is 33.6 Å². The fourth-order valence-electron chi connectivity index (χ4n) is 4.47. The van der Waals surface area contributed by atoms with Crippen LogP contribution in [0.5, 0.6) is 0 Å². The molecule has 0 saturated heterocycles. The molecule has 3 heterocycles. The predicted octanol–water partition coefficient (Wildman–Crippen LogP) is 5.79. The number of thiophene rings is 1. The van der Waals surface area contributed by atoms with Gasteiger partial charge in [0.05, 0.1) is 11.6 Å². The zero-order chi connectivity index (χ0) is 25.6. The Hall–Kier alpha value is -3.78. The van der Waals surface area contributed by atoms with Crippen LogP contribution in [0.15, 0.2) is 53.5 Å². The van der Waals surface area contributed by atoms with E-state index in [9.17, 15) is 9.90 Å². The lowest BCUT2D eigenvalue weighted by Crippen LogP contribution is -2.21. The van der Waals surface area contributed by atoms with Gasteiger partial charge in [0.25, 0.3) is 0 Å². The third-order valence-corrected chi connectivity index (χ3v) is 8.02. The summed E-state index contributed by atoms with van der Waals surface area (Å²) in [4.78, 5) is 18.3. The molecule has 7 nitrogen and oxygen atoms in total. The number of hydrogen-bond acceptors (Lipinski definition) is 6. The van der Waals surface area contributed by atoms with E-state index in [-0.39, 0.29) is 0 Å². The highest BCUT2D eigenvalue weighted by Gasteiger charge is 2.36. The maximum atomic E-state index is 12.0. The summed E-state index contributed by atoms with van der Waals surface area (Å²) >= 11 is 1.66. The number of nitrogens with zero attached hydrogens (tertiary/aromatic N) is 4. The fourth-order valence-corrected chi connectivity index (χ4v) is 5.69. The van der Waals surface area contributed by atoms with Gasteiger partial charge in [0.15, 0.2) is 5.82 Å². The molecule has 2 aromatic heterocycles. The van der Waals surface area contributed by atoms with Gasteiger partial charge in [-0.25, -0.2) is 0 Å². The van der Waals surface area contributed by atoms with Crippen LogP contribution in [0.4, 0.5) is 5.69 Å². The van der Waals surface area contributed by atoms with Crippen LogP contribution in [0.25, 0.3) is 5.00 Å². The van der Waals surface area contributed by atoms with E-state index in [1.807, 2.05) is 35.8 Å². The number of aliphatic imine (C=N–C) groups is 1. The van der Waals surface area contributed by atoms with E-state index in [4.69, 9.17) is 4.99 Å². The normalized spacial score (nSPS) is 15.5. The molecule has 0 spiro atoms. The number of carboxylic acids is 1. The number of aromatic nitrogens is 3. The predicted molar refractivity (Wildman–Crippen MR) is 144 cm³/mol. The van der Waals surface area contributed by atoms with Gasteiger partial charge in [-0.2, -0.15) is 0 Å². The smallest absolute Gasteiger partial charge is 0.308 e. The first-order valence-electron chi connectivity index (χ1n) is 12.0. The van der Waals surface area contributed by atoms with E-state index in [0.717, 1.165) is 45.5 Å². The Kier molecular flexibility index (Phi) is 6.22. The van der Waals surface area contributed by atoms with Crippen LogP contribution in [0.1, 0.15) is 57.3 Å². The summed E-state index contributed by atoms with van der Waals surface area (Å²) < 4.78 is 1.98. The van der Waals surface area contributed by atoms with Crippen molar-refractivity contribution in [2.24, 2.45) is 10.9 Å². The maximum absolute atomic E-state index is 12.0. The van der Waals surface area contributed by atoms with E-state index in [2.05, 4.69) is 60.6 Å². The topological polar surface area (TPSA) is 92.4 Å². The Morgan fingerprint density at radius 1 is 1.06 bits per heavy atom. The zero-order valence-corrected chi connectivity index (χ0v) is 21.8. The van der Waals surface area contributed by atoms with Gasteiger partial charge < -0.3 is 10.4 Å². The molecule has 8 heteroatoms. The van der Waals surface area contributed by atoms with Gasteiger partial charge in [-0.3, -0.25) is 14.4 Å². The van der Waals surface area contributed by atoms with Crippen molar-refractivity contribution in [3.05, 3.63) is 92.9 Å². The average molecular weight is 500 g/mol. The second-order valence-electron chi connectivity index (χ2n) is 9.37. The van der Waals surface area contributed by atoms with E-state index in [1.54, 1.807) is 18.3 Å². The minimum atomic E-state index is -0.913. The molecule has 2 aromatic carbocycles. The highest BCUT2D eigenvalue weighted by molar-refractivity contribution is 7.15. The minimum Gasteiger partial charge on any atom is -0.481 e. The summed E-state index contributed by atoms with van der Waals surface area (Å²) in [5.41, 5.74) is 7.36. The SMILES string of the molecule is Cc1ccc(CNc2ccc(C3=NC([C@H](C)C(=O)O)c4nnc(C)n4-c4sc(C)c(C)c43)cc2)cc1. The van der Waals surface area contributed by atoms with E-state index >= 15 is 0 Å². The maximum Gasteiger partial charge on any atom is 0.308 e. The van der Waals surface area contributed by atoms with Crippen molar-refractivity contribution in [1.29, 1.82) is 0 Å². The summed E-state index contributed by atoms with van der Waals surface area (Å²) in [5, 5.41) is 23.0. The third-order valence-electron chi connectivity index (χ3n) is 6.83. The van der Waals surface area contributed by atoms with Crippen LogP contribution in [0.3, 0.4) is 0 Å². The minimum absolute atomic E-state index is 0.566. The number of aliphatic carboxylic acids is 1. The molecule has 2 atom stereocenters. The van der Waals surface area contributed by atoms with Gasteiger partial charge >= 0.3 is 5.97 Å². The summed E-state index contributed by atoms with van der Waals surface area (Å²) in [6.45, 7) is 10.6. The molecule has 2 N–H and O–H groups in total. The number of fused-ring (bicyclic) bond motifs is 3. The van der Waals surface area contributed by atoms with Gasteiger partial charge in [-0.15, -0.1) is 21.5 Å². The molecule has 0 amide bonds. The van der Waals surface area contributed by atoms with Crippen LogP contribution in [-0.2, 0) is 11.3 Å². The van der Waals surface area contributed by atoms with Crippen molar-refractivity contribution < 1.29 is 9.90 Å². The molecule has 184 valence electrons. The molecule has 0 aliphatic carbocycles. The lowest BCUT2D eigenvalue weighted by Gasteiger charge is -2.16. The number of rotatable bonds is 6. The molecule has 1 aliphatic heterocycles. The summed E-state index contributed by atoms with van der Waals surface area (Å²) in [7, 11) is 0. The Morgan fingerprint density at radius 3 is 2.42 bits per heavy atom. The molecular weight excluding hydrogens is 470 g/mol. The quantitative estimate of drug-likeness (QED) is 0.350. The highest BCUT2D eigenvalue weighted by atomic mass is 32.1. The molecule has 1 unspecified atom stereocenters. The van der Waals surface area contributed by atoms with Gasteiger partial charge in [0, 0.05) is 28.2 Å². The van der Waals surface area contributed by atoms with Crippen molar-refractivity contribution >= 4 is 28.7 Å². The van der Waals surface area contributed by atoms with Gasteiger partial charge in [0.1, 0.15) is 16.9 Å². The van der Waals surface area contributed by atoms with Crippen LogP contribution < -0.4 is 5.32 Å². The highest BCUT2D eigenvalue weighted by Crippen LogP contribution is 2.40. The monoisotopic (exact) mass is 499 g/mol. The number of benzene rings is 2. The van der Waals surface area contributed by atoms with Crippen LogP contribution in [0.2, 0.25) is 0 Å². The first-order chi connectivity index (χ1) is 17.2. The Morgan fingerprint density at radius 2 is 1.75 bits per heavy atom. The number of carbonyl (C=O) groups is 1. The second-order valence-corrected chi connectivity index (χ2v) is 10.6. The second kappa shape index (κ2) is 9.35. The zero-order valence-electron chi connectivity index (χ0n) is 21.0. The molecule has 0 radical (unpaired) electrons. The number of anilines is 1. The Labute approximate surface area is 214 Å². The van der Waals surface area contributed by atoms with Gasteiger partial charge in [-0.1, -0.05) is 42.0 Å². The molecule has 0 saturated carbocycles. The van der Waals surface area contributed by atoms with Crippen molar-refractivity contribution in [2.75, 3.05) is 5.32 Å². The van der Waals surface area contributed by atoms with Crippen molar-refractivity contribution in [1.82, 2.24) is 14.8 Å². The summed E-state index contributed by atoms with van der Waals surface area (Å²) in [6.07, 6.45) is 0. The molecule has 4 aromatic rings. The number of nitrogens with one attached hydrogen (secondary N) is 1. The third kappa shape index (κ3) is 4.22. The number of aryl methyl sites for hydroxylation is 3. The summed E-state index contributed by atoms with van der Waals surface area (Å²) in [5.74, 6) is -0.379. The van der Waals surface area contributed by atoms with E-state index in [1.165, 1.54) is 16.0 Å². The molecular formula is C28H29N5O2S. The Bertz CT molecular complexity index is 1470. The first-order valence-corrected chi connectivity index (χ1v) is 12.8. The molecule has 0 bridgehead atoms. The standard InChI is InChI=1S/C28H29N5O2S/c1-15-6-8-20(9-7-15)14-29-22-12-10-21(11-13-22)25-23-16(2)18(4)36-27(23)33-19(5)31-32-26(33)24(30-25)17(3)28(34)35/h6-13,17,24,29H,14H2,1-5H3,(H,34,35)/t17-,24?/m0/s1. The molecule has 5 rings (SSSR count). The molecule has 1 aliphatic rings. The van der Waals surface area contributed by atoms with Crippen molar-refractivity contribution in [2.45, 2.75) is 47.2 Å². The summed E-state index contributed by atoms with van der Waals surface area (Å²) in [6, 6.07) is 16.0.